The molecule has 11 heteroatoms. The molecule has 0 unspecified atom stereocenters. The minimum absolute atomic E-state index is 0.00983. The van der Waals surface area contributed by atoms with E-state index in [-0.39, 0.29) is 36.4 Å². The van der Waals surface area contributed by atoms with Crippen molar-refractivity contribution < 1.29 is 32.2 Å². The number of carbonyl (C=O) groups excluding carboxylic acids is 1. The van der Waals surface area contributed by atoms with Crippen molar-refractivity contribution in [1.29, 1.82) is 0 Å². The standard InChI is InChI=1S/C27H23F3N2O6/c1-2-13-37-21-14-23(38-22(21)17-36-16-18-9-5-3-6-10-18)31-15-20(27(28,29)30)25(34)32(26(31)35)24(33)19-11-7-4-8-12-19/h1,3-12,15,21-23H,13-14,16-17H2/t21-,22+,23+/m0/s1. The Morgan fingerprint density at radius 2 is 1.74 bits per heavy atom. The molecular formula is C27H23F3N2O6. The summed E-state index contributed by atoms with van der Waals surface area (Å²) in [6.07, 6.45) is -2.35. The van der Waals surface area contributed by atoms with Gasteiger partial charge in [-0.1, -0.05) is 54.5 Å². The first-order valence-corrected chi connectivity index (χ1v) is 11.6. The molecule has 0 radical (unpaired) electrons. The van der Waals surface area contributed by atoms with Crippen molar-refractivity contribution in [2.75, 3.05) is 13.2 Å². The number of hydrogen-bond acceptors (Lipinski definition) is 6. The maximum Gasteiger partial charge on any atom is 0.423 e. The largest absolute Gasteiger partial charge is 0.423 e. The van der Waals surface area contributed by atoms with Gasteiger partial charge >= 0.3 is 11.9 Å². The van der Waals surface area contributed by atoms with Gasteiger partial charge in [-0.3, -0.25) is 14.2 Å². The number of aromatic nitrogens is 2. The van der Waals surface area contributed by atoms with Crippen LogP contribution in [0.15, 0.2) is 76.4 Å². The van der Waals surface area contributed by atoms with Crippen LogP contribution in [-0.2, 0) is 27.0 Å². The lowest BCUT2D eigenvalue weighted by atomic mass is 10.1. The fraction of sp³-hybridized carbons (Fsp3) is 0.296. The van der Waals surface area contributed by atoms with Crippen molar-refractivity contribution >= 4 is 5.91 Å². The fourth-order valence-corrected chi connectivity index (χ4v) is 4.08. The molecule has 1 fully saturated rings. The van der Waals surface area contributed by atoms with Crippen molar-refractivity contribution in [1.82, 2.24) is 9.13 Å². The lowest BCUT2D eigenvalue weighted by molar-refractivity contribution is -0.140. The molecule has 198 valence electrons. The SMILES string of the molecule is C#CCO[C@H]1C[C@H](n2cc(C(F)(F)F)c(=O)n(C(=O)c3ccccc3)c2=O)O[C@@H]1COCc1ccccc1. The molecule has 1 aliphatic heterocycles. The number of rotatable bonds is 8. The van der Waals surface area contributed by atoms with E-state index in [9.17, 15) is 27.6 Å². The number of alkyl halides is 3. The summed E-state index contributed by atoms with van der Waals surface area (Å²) in [5.41, 5.74) is -3.97. The van der Waals surface area contributed by atoms with E-state index < -0.39 is 47.3 Å². The van der Waals surface area contributed by atoms with E-state index in [0.717, 1.165) is 5.56 Å². The Kier molecular flexibility index (Phi) is 8.26. The number of ether oxygens (including phenoxy) is 3. The van der Waals surface area contributed by atoms with Gasteiger partial charge in [-0.25, -0.2) is 4.79 Å². The van der Waals surface area contributed by atoms with Crippen molar-refractivity contribution in [2.45, 2.75) is 37.6 Å². The van der Waals surface area contributed by atoms with E-state index in [2.05, 4.69) is 5.92 Å². The first-order chi connectivity index (χ1) is 18.2. The molecular weight excluding hydrogens is 505 g/mol. The Balaban J connectivity index is 1.67. The number of terminal acetylenes is 1. The van der Waals surface area contributed by atoms with E-state index in [4.69, 9.17) is 20.6 Å². The van der Waals surface area contributed by atoms with E-state index >= 15 is 0 Å². The normalized spacial score (nSPS) is 19.3. The molecule has 0 amide bonds. The minimum atomic E-state index is -5.14. The Bertz CT molecular complexity index is 1430. The van der Waals surface area contributed by atoms with Crippen LogP contribution in [0.4, 0.5) is 13.2 Å². The fourth-order valence-electron chi connectivity index (χ4n) is 4.08. The van der Waals surface area contributed by atoms with Crippen LogP contribution < -0.4 is 11.2 Å². The van der Waals surface area contributed by atoms with Gasteiger partial charge < -0.3 is 14.2 Å². The van der Waals surface area contributed by atoms with Gasteiger partial charge in [-0.05, 0) is 17.7 Å². The third kappa shape index (κ3) is 5.94. The zero-order chi connectivity index (χ0) is 27.3. The van der Waals surface area contributed by atoms with E-state index in [0.29, 0.717) is 10.8 Å². The van der Waals surface area contributed by atoms with E-state index in [1.54, 1.807) is 6.07 Å². The highest BCUT2D eigenvalue weighted by atomic mass is 19.4. The second-order valence-electron chi connectivity index (χ2n) is 8.46. The smallest absolute Gasteiger partial charge is 0.374 e. The van der Waals surface area contributed by atoms with Gasteiger partial charge in [0.05, 0.1) is 19.3 Å². The van der Waals surface area contributed by atoms with Gasteiger partial charge in [0.25, 0.3) is 11.5 Å². The topological polar surface area (TPSA) is 88.8 Å². The third-order valence-electron chi connectivity index (χ3n) is 5.91. The van der Waals surface area contributed by atoms with E-state index in [1.165, 1.54) is 24.3 Å². The average Bonchev–Trinajstić information content (AvgIpc) is 3.30. The highest BCUT2D eigenvalue weighted by Gasteiger charge is 2.41. The maximum atomic E-state index is 13.8. The minimum Gasteiger partial charge on any atom is -0.374 e. The van der Waals surface area contributed by atoms with Crippen LogP contribution in [0.3, 0.4) is 0 Å². The molecule has 3 aromatic rings. The zero-order valence-electron chi connectivity index (χ0n) is 20.0. The van der Waals surface area contributed by atoms with Gasteiger partial charge in [0.1, 0.15) is 24.5 Å². The first kappa shape index (κ1) is 27.1. The maximum absolute atomic E-state index is 13.8. The van der Waals surface area contributed by atoms with Crippen molar-refractivity contribution in [3.8, 4) is 12.3 Å². The lowest BCUT2D eigenvalue weighted by Gasteiger charge is -2.19. The predicted molar refractivity (Wildman–Crippen MR) is 129 cm³/mol. The molecule has 2 aromatic carbocycles. The van der Waals surface area contributed by atoms with Gasteiger partial charge in [-0.2, -0.15) is 17.7 Å². The summed E-state index contributed by atoms with van der Waals surface area (Å²) < 4.78 is 59.1. The number of carbonyl (C=O) groups is 1. The highest BCUT2D eigenvalue weighted by molar-refractivity contribution is 5.95. The summed E-state index contributed by atoms with van der Waals surface area (Å²) in [4.78, 5) is 38.9. The summed E-state index contributed by atoms with van der Waals surface area (Å²) in [5.74, 6) is 1.12. The molecule has 0 N–H and O–H groups in total. The summed E-state index contributed by atoms with van der Waals surface area (Å²) in [7, 11) is 0. The summed E-state index contributed by atoms with van der Waals surface area (Å²) in [5, 5.41) is 0. The molecule has 2 heterocycles. The van der Waals surface area contributed by atoms with Gasteiger partial charge in [0.2, 0.25) is 0 Å². The first-order valence-electron chi connectivity index (χ1n) is 11.6. The van der Waals surface area contributed by atoms with Crippen LogP contribution in [0.2, 0.25) is 0 Å². The molecule has 1 aliphatic rings. The Hall–Kier alpha value is -3.98. The predicted octanol–water partition coefficient (Wildman–Crippen LogP) is 3.24. The number of halogens is 3. The van der Waals surface area contributed by atoms with Crippen LogP contribution in [0.5, 0.6) is 0 Å². The molecule has 3 atom stereocenters. The number of nitrogens with zero attached hydrogens (tertiary/aromatic N) is 2. The second kappa shape index (κ2) is 11.6. The molecule has 0 spiro atoms. The van der Waals surface area contributed by atoms with Crippen molar-refractivity contribution in [3.05, 3.63) is 104 Å². The Labute approximate surface area is 215 Å². The van der Waals surface area contributed by atoms with Gasteiger partial charge in [0.15, 0.2) is 0 Å². The summed E-state index contributed by atoms with van der Waals surface area (Å²) in [6.45, 7) is 0.122. The molecule has 1 saturated heterocycles. The quantitative estimate of drug-likeness (QED) is 0.417. The molecule has 0 bridgehead atoms. The third-order valence-corrected chi connectivity index (χ3v) is 5.91. The number of benzene rings is 2. The lowest BCUT2D eigenvalue weighted by Crippen LogP contribution is -2.47. The van der Waals surface area contributed by atoms with Crippen molar-refractivity contribution in [2.24, 2.45) is 0 Å². The molecule has 8 nitrogen and oxygen atoms in total. The monoisotopic (exact) mass is 528 g/mol. The molecule has 38 heavy (non-hydrogen) atoms. The molecule has 0 saturated carbocycles. The zero-order valence-corrected chi connectivity index (χ0v) is 20.0. The van der Waals surface area contributed by atoms with Crippen LogP contribution in [0.1, 0.15) is 34.1 Å². The molecule has 4 rings (SSSR count). The van der Waals surface area contributed by atoms with Gasteiger partial charge in [-0.15, -0.1) is 6.42 Å². The summed E-state index contributed by atoms with van der Waals surface area (Å²) >= 11 is 0. The van der Waals surface area contributed by atoms with Crippen molar-refractivity contribution in [3.63, 3.8) is 0 Å². The van der Waals surface area contributed by atoms with Crippen LogP contribution in [0.25, 0.3) is 0 Å². The highest BCUT2D eigenvalue weighted by Crippen LogP contribution is 2.32. The molecule has 0 aliphatic carbocycles. The second-order valence-corrected chi connectivity index (χ2v) is 8.46. The van der Waals surface area contributed by atoms with E-state index in [1.807, 2.05) is 30.3 Å². The Morgan fingerprint density at radius 1 is 1.08 bits per heavy atom. The average molecular weight is 528 g/mol. The Morgan fingerprint density at radius 3 is 2.37 bits per heavy atom. The van der Waals surface area contributed by atoms with Crippen LogP contribution >= 0.6 is 0 Å². The van der Waals surface area contributed by atoms with Crippen LogP contribution in [-0.4, -0.2) is 40.5 Å². The number of hydrogen-bond donors (Lipinski definition) is 0. The summed E-state index contributed by atoms with van der Waals surface area (Å²) in [6, 6.07) is 16.3. The van der Waals surface area contributed by atoms with Gasteiger partial charge in [0, 0.05) is 18.2 Å². The van der Waals surface area contributed by atoms with Crippen LogP contribution in [0, 0.1) is 12.3 Å². The molecule has 1 aromatic heterocycles.